The summed E-state index contributed by atoms with van der Waals surface area (Å²) in [4.78, 5) is 57.5. The van der Waals surface area contributed by atoms with E-state index in [1.165, 1.54) is 31.2 Å². The Balaban J connectivity index is 1.93. The molecule has 0 aliphatic heterocycles. The van der Waals surface area contributed by atoms with Crippen LogP contribution in [-0.2, 0) is 0 Å². The highest BCUT2D eigenvalue weighted by Crippen LogP contribution is 2.30. The maximum absolute atomic E-state index is 12.5. The fourth-order valence-electron chi connectivity index (χ4n) is 2.99. The summed E-state index contributed by atoms with van der Waals surface area (Å²) in [5.74, 6) is -1.74. The number of ether oxygens (including phenoxy) is 1. The minimum atomic E-state index is -1.08. The van der Waals surface area contributed by atoms with Crippen molar-refractivity contribution in [1.82, 2.24) is 5.32 Å². The van der Waals surface area contributed by atoms with Gasteiger partial charge in [0.05, 0.1) is 15.4 Å². The summed E-state index contributed by atoms with van der Waals surface area (Å²) in [5, 5.41) is 25.4. The van der Waals surface area contributed by atoms with Crippen molar-refractivity contribution in [3.63, 3.8) is 0 Å². The van der Waals surface area contributed by atoms with Crippen LogP contribution < -0.4 is 15.7 Å². The molecule has 2 aromatic carbocycles. The van der Waals surface area contributed by atoms with E-state index in [9.17, 15) is 34.6 Å². The van der Waals surface area contributed by atoms with Crippen molar-refractivity contribution in [2.24, 2.45) is 0 Å². The van der Waals surface area contributed by atoms with Crippen LogP contribution in [-0.4, -0.2) is 28.3 Å². The van der Waals surface area contributed by atoms with Crippen LogP contribution in [0.15, 0.2) is 45.6 Å². The van der Waals surface area contributed by atoms with E-state index in [-0.39, 0.29) is 22.5 Å². The van der Waals surface area contributed by atoms with Gasteiger partial charge in [0.1, 0.15) is 22.5 Å². The molecule has 0 aliphatic carbocycles. The minimum Gasteiger partial charge on any atom is -0.423 e. The monoisotopic (exact) mass is 455 g/mol. The molecular weight excluding hydrogens is 438 g/mol. The van der Waals surface area contributed by atoms with Crippen molar-refractivity contribution in [1.29, 1.82) is 0 Å². The van der Waals surface area contributed by atoms with Crippen molar-refractivity contribution in [3.05, 3.63) is 83.7 Å². The Morgan fingerprint density at radius 1 is 1.06 bits per heavy atom. The van der Waals surface area contributed by atoms with Crippen molar-refractivity contribution in [2.45, 2.75) is 20.3 Å². The van der Waals surface area contributed by atoms with Gasteiger partial charge in [-0.3, -0.25) is 25.0 Å². The molecule has 170 valence electrons. The van der Waals surface area contributed by atoms with Gasteiger partial charge in [-0.15, -0.1) is 0 Å². The van der Waals surface area contributed by atoms with E-state index in [2.05, 4.69) is 5.32 Å². The molecular formula is C21H17N3O9. The molecule has 1 aromatic heterocycles. The smallest absolute Gasteiger partial charge is 0.349 e. The molecule has 0 radical (unpaired) electrons. The molecule has 33 heavy (non-hydrogen) atoms. The highest BCUT2D eigenvalue weighted by atomic mass is 16.6. The Labute approximate surface area is 185 Å². The van der Waals surface area contributed by atoms with Gasteiger partial charge in [0.25, 0.3) is 17.3 Å². The minimum absolute atomic E-state index is 0.0261. The molecule has 1 heterocycles. The Morgan fingerprint density at radius 2 is 1.70 bits per heavy atom. The molecule has 0 aliphatic rings. The van der Waals surface area contributed by atoms with Crippen LogP contribution >= 0.6 is 0 Å². The summed E-state index contributed by atoms with van der Waals surface area (Å²) in [5.41, 5.74) is -2.84. The van der Waals surface area contributed by atoms with E-state index < -0.39 is 44.3 Å². The molecule has 0 bridgehead atoms. The molecule has 0 saturated carbocycles. The van der Waals surface area contributed by atoms with Gasteiger partial charge in [0.15, 0.2) is 0 Å². The summed E-state index contributed by atoms with van der Waals surface area (Å²) in [6.45, 7) is 3.45. The second kappa shape index (κ2) is 9.26. The van der Waals surface area contributed by atoms with E-state index in [1.54, 1.807) is 0 Å². The van der Waals surface area contributed by atoms with Crippen LogP contribution in [0.5, 0.6) is 5.75 Å². The van der Waals surface area contributed by atoms with Crippen molar-refractivity contribution >= 4 is 34.2 Å². The highest BCUT2D eigenvalue weighted by molar-refractivity contribution is 5.97. The number of nitro groups is 2. The zero-order valence-electron chi connectivity index (χ0n) is 17.4. The van der Waals surface area contributed by atoms with Gasteiger partial charge >= 0.3 is 11.6 Å². The molecule has 3 aromatic rings. The third kappa shape index (κ3) is 4.84. The lowest BCUT2D eigenvalue weighted by Crippen LogP contribution is -2.28. The Hall–Kier alpha value is -4.61. The molecule has 12 nitrogen and oxygen atoms in total. The van der Waals surface area contributed by atoms with Crippen LogP contribution in [0.4, 0.5) is 11.4 Å². The molecule has 0 fully saturated rings. The standard InChI is InChI=1S/C21H17N3O9/c1-3-6-22-19(25)15-7-12-4-5-14(10-18(12)33-21(15)27)32-20(26)13-8-16(23(28)29)11(2)17(9-13)24(30)31/h4-5,7-10H,3,6H2,1-2H3,(H,22,25). The predicted octanol–water partition coefficient (Wildman–Crippen LogP) is 3.28. The first kappa shape index (κ1) is 23.1. The Kier molecular flexibility index (Phi) is 6.47. The number of amides is 1. The maximum atomic E-state index is 12.5. The van der Waals surface area contributed by atoms with Gasteiger partial charge in [-0.25, -0.2) is 9.59 Å². The number of nitrogens with one attached hydrogen (secondary N) is 1. The Morgan fingerprint density at radius 3 is 2.27 bits per heavy atom. The fourth-order valence-corrected chi connectivity index (χ4v) is 2.99. The zero-order chi connectivity index (χ0) is 24.3. The lowest BCUT2D eigenvalue weighted by Gasteiger charge is -2.07. The number of fused-ring (bicyclic) bond motifs is 1. The number of esters is 1. The quantitative estimate of drug-likeness (QED) is 0.184. The average molecular weight is 455 g/mol. The van der Waals surface area contributed by atoms with Gasteiger partial charge < -0.3 is 14.5 Å². The Bertz CT molecular complexity index is 1330. The van der Waals surface area contributed by atoms with Gasteiger partial charge in [0.2, 0.25) is 0 Å². The number of nitrogens with zero attached hydrogens (tertiary/aromatic N) is 2. The summed E-state index contributed by atoms with van der Waals surface area (Å²) in [6.07, 6.45) is 0.687. The van der Waals surface area contributed by atoms with Crippen molar-refractivity contribution in [2.75, 3.05) is 6.54 Å². The normalized spacial score (nSPS) is 10.6. The maximum Gasteiger partial charge on any atom is 0.349 e. The van der Waals surface area contributed by atoms with Crippen molar-refractivity contribution < 1.29 is 28.6 Å². The summed E-state index contributed by atoms with van der Waals surface area (Å²) < 4.78 is 10.3. The summed E-state index contributed by atoms with van der Waals surface area (Å²) in [7, 11) is 0. The fraction of sp³-hybridized carbons (Fsp3) is 0.190. The van der Waals surface area contributed by atoms with Gasteiger partial charge in [-0.05, 0) is 31.5 Å². The topological polar surface area (TPSA) is 172 Å². The predicted molar refractivity (Wildman–Crippen MR) is 115 cm³/mol. The first-order valence-corrected chi connectivity index (χ1v) is 9.64. The third-order valence-electron chi connectivity index (χ3n) is 4.68. The number of nitro benzene ring substituents is 2. The first-order valence-electron chi connectivity index (χ1n) is 9.64. The van der Waals surface area contributed by atoms with Crippen LogP contribution in [0.2, 0.25) is 0 Å². The van der Waals surface area contributed by atoms with Crippen molar-refractivity contribution in [3.8, 4) is 5.75 Å². The number of benzene rings is 2. The van der Waals surface area contributed by atoms with Crippen LogP contribution in [0, 0.1) is 27.2 Å². The molecule has 12 heteroatoms. The third-order valence-corrected chi connectivity index (χ3v) is 4.68. The number of rotatable bonds is 7. The van der Waals surface area contributed by atoms with E-state index in [4.69, 9.17) is 9.15 Å². The summed E-state index contributed by atoms with van der Waals surface area (Å²) in [6, 6.07) is 7.12. The molecule has 1 N–H and O–H groups in total. The van der Waals surface area contributed by atoms with Gasteiger partial charge in [-0.1, -0.05) is 6.92 Å². The van der Waals surface area contributed by atoms with Crippen LogP contribution in [0.3, 0.4) is 0 Å². The lowest BCUT2D eigenvalue weighted by molar-refractivity contribution is -0.395. The highest BCUT2D eigenvalue weighted by Gasteiger charge is 2.26. The molecule has 0 spiro atoms. The van der Waals surface area contributed by atoms with E-state index in [1.807, 2.05) is 6.92 Å². The van der Waals surface area contributed by atoms with E-state index in [0.29, 0.717) is 18.4 Å². The molecule has 1 amide bonds. The lowest BCUT2D eigenvalue weighted by atomic mass is 10.1. The number of hydrogen-bond donors (Lipinski definition) is 1. The number of hydrogen-bond acceptors (Lipinski definition) is 9. The molecule has 3 rings (SSSR count). The SMILES string of the molecule is CCCNC(=O)c1cc2ccc(OC(=O)c3cc([N+](=O)[O-])c(C)c([N+](=O)[O-])c3)cc2oc1=O. The second-order valence-electron chi connectivity index (χ2n) is 6.95. The molecule has 0 unspecified atom stereocenters. The second-order valence-corrected chi connectivity index (χ2v) is 6.95. The zero-order valence-corrected chi connectivity index (χ0v) is 17.4. The summed E-state index contributed by atoms with van der Waals surface area (Å²) >= 11 is 0. The number of carbonyl (C=O) groups excluding carboxylic acids is 2. The van der Waals surface area contributed by atoms with Crippen LogP contribution in [0.1, 0.15) is 39.6 Å². The van der Waals surface area contributed by atoms with Gasteiger partial charge in [0, 0.05) is 30.1 Å². The van der Waals surface area contributed by atoms with E-state index in [0.717, 1.165) is 12.1 Å². The van der Waals surface area contributed by atoms with E-state index >= 15 is 0 Å². The number of carbonyl (C=O) groups is 2. The first-order chi connectivity index (χ1) is 15.6. The van der Waals surface area contributed by atoms with Gasteiger partial charge in [-0.2, -0.15) is 0 Å². The molecule has 0 atom stereocenters. The molecule has 0 saturated heterocycles. The largest absolute Gasteiger partial charge is 0.423 e. The average Bonchev–Trinajstić information content (AvgIpc) is 2.76. The van der Waals surface area contributed by atoms with Crippen LogP contribution in [0.25, 0.3) is 11.0 Å².